The number of para-hydroxylation sites is 1. The fourth-order valence-corrected chi connectivity index (χ4v) is 2.34. The van der Waals surface area contributed by atoms with Crippen LogP contribution in [-0.4, -0.2) is 44.0 Å². The highest BCUT2D eigenvalue weighted by Crippen LogP contribution is 2.24. The molecule has 0 aliphatic carbocycles. The van der Waals surface area contributed by atoms with E-state index in [1.165, 1.54) is 5.56 Å². The van der Waals surface area contributed by atoms with Crippen LogP contribution in [-0.2, 0) is 11.2 Å². The predicted molar refractivity (Wildman–Crippen MR) is 78.4 cm³/mol. The first-order valence-electron chi connectivity index (χ1n) is 6.93. The van der Waals surface area contributed by atoms with E-state index in [0.717, 1.165) is 38.0 Å². The van der Waals surface area contributed by atoms with Crippen LogP contribution >= 0.6 is 0 Å². The van der Waals surface area contributed by atoms with Gasteiger partial charge in [0.1, 0.15) is 6.04 Å². The molecule has 1 aromatic rings. The summed E-state index contributed by atoms with van der Waals surface area (Å²) in [5.74, 6) is 0.112. The molecular formula is C15H23N3O. The Kier molecular flexibility index (Phi) is 4.80. The first-order valence-corrected chi connectivity index (χ1v) is 6.93. The quantitative estimate of drug-likeness (QED) is 0.762. The van der Waals surface area contributed by atoms with Gasteiger partial charge in [-0.1, -0.05) is 18.2 Å². The second-order valence-corrected chi connectivity index (χ2v) is 5.36. The number of fused-ring (bicyclic) bond motifs is 1. The van der Waals surface area contributed by atoms with Gasteiger partial charge in [0.25, 0.3) is 0 Å². The average molecular weight is 261 g/mol. The zero-order valence-corrected chi connectivity index (χ0v) is 11.8. The van der Waals surface area contributed by atoms with Crippen molar-refractivity contribution in [1.29, 1.82) is 0 Å². The minimum absolute atomic E-state index is 0.105. The molecule has 0 fully saturated rings. The van der Waals surface area contributed by atoms with Crippen LogP contribution in [0.25, 0.3) is 0 Å². The topological polar surface area (TPSA) is 44.4 Å². The number of benzene rings is 1. The Hall–Kier alpha value is -1.55. The summed E-state index contributed by atoms with van der Waals surface area (Å²) in [5.41, 5.74) is 2.32. The van der Waals surface area contributed by atoms with E-state index in [-0.39, 0.29) is 11.9 Å². The van der Waals surface area contributed by atoms with Crippen molar-refractivity contribution in [3.8, 4) is 0 Å². The minimum atomic E-state index is -0.105. The monoisotopic (exact) mass is 261 g/mol. The lowest BCUT2D eigenvalue weighted by atomic mass is 10.1. The fourth-order valence-electron chi connectivity index (χ4n) is 2.34. The van der Waals surface area contributed by atoms with Crippen LogP contribution in [0, 0.1) is 0 Å². The number of nitrogens with one attached hydrogen (secondary N) is 2. The molecule has 19 heavy (non-hydrogen) atoms. The van der Waals surface area contributed by atoms with Crippen molar-refractivity contribution >= 4 is 11.6 Å². The van der Waals surface area contributed by atoms with Crippen molar-refractivity contribution in [2.75, 3.05) is 32.5 Å². The van der Waals surface area contributed by atoms with Crippen LogP contribution in [0.3, 0.4) is 0 Å². The van der Waals surface area contributed by atoms with Crippen molar-refractivity contribution in [3.05, 3.63) is 29.8 Å². The van der Waals surface area contributed by atoms with E-state index in [0.29, 0.717) is 0 Å². The van der Waals surface area contributed by atoms with Crippen LogP contribution in [0.5, 0.6) is 0 Å². The van der Waals surface area contributed by atoms with Crippen LogP contribution in [0.15, 0.2) is 24.3 Å². The van der Waals surface area contributed by atoms with Gasteiger partial charge in [-0.3, -0.25) is 4.79 Å². The van der Waals surface area contributed by atoms with Gasteiger partial charge in [0.05, 0.1) is 0 Å². The zero-order chi connectivity index (χ0) is 13.7. The summed E-state index contributed by atoms with van der Waals surface area (Å²) in [6, 6.07) is 8.01. The molecule has 0 spiro atoms. The van der Waals surface area contributed by atoms with Gasteiger partial charge in [-0.15, -0.1) is 0 Å². The number of hydrogen-bond donors (Lipinski definition) is 2. The highest BCUT2D eigenvalue weighted by atomic mass is 16.2. The van der Waals surface area contributed by atoms with E-state index in [4.69, 9.17) is 0 Å². The van der Waals surface area contributed by atoms with E-state index in [1.54, 1.807) is 0 Å². The molecule has 4 nitrogen and oxygen atoms in total. The molecule has 2 N–H and O–H groups in total. The smallest absolute Gasteiger partial charge is 0.242 e. The Morgan fingerprint density at radius 2 is 2.16 bits per heavy atom. The molecule has 1 heterocycles. The molecule has 2 rings (SSSR count). The highest BCUT2D eigenvalue weighted by Gasteiger charge is 2.25. The van der Waals surface area contributed by atoms with E-state index < -0.39 is 0 Å². The molecule has 1 aromatic carbocycles. The number of carbonyl (C=O) groups is 1. The summed E-state index contributed by atoms with van der Waals surface area (Å²) >= 11 is 0. The summed E-state index contributed by atoms with van der Waals surface area (Å²) in [6.45, 7) is 1.84. The zero-order valence-electron chi connectivity index (χ0n) is 11.8. The average Bonchev–Trinajstić information content (AvgIpc) is 2.81. The van der Waals surface area contributed by atoms with Crippen molar-refractivity contribution in [2.45, 2.75) is 25.3 Å². The van der Waals surface area contributed by atoms with Gasteiger partial charge in [0.2, 0.25) is 5.91 Å². The van der Waals surface area contributed by atoms with E-state index in [2.05, 4.69) is 35.7 Å². The molecule has 0 radical (unpaired) electrons. The molecule has 0 saturated heterocycles. The summed E-state index contributed by atoms with van der Waals surface area (Å²) in [6.07, 6.45) is 2.94. The van der Waals surface area contributed by atoms with Crippen LogP contribution in [0.2, 0.25) is 0 Å². The Bertz CT molecular complexity index is 406. The summed E-state index contributed by atoms with van der Waals surface area (Å²) in [7, 11) is 4.14. The van der Waals surface area contributed by atoms with Crippen molar-refractivity contribution in [3.63, 3.8) is 0 Å². The molecular weight excluding hydrogens is 238 g/mol. The molecule has 1 atom stereocenters. The lowest BCUT2D eigenvalue weighted by molar-refractivity contribution is -0.121. The van der Waals surface area contributed by atoms with Gasteiger partial charge >= 0.3 is 0 Å². The molecule has 1 amide bonds. The third-order valence-electron chi connectivity index (χ3n) is 3.42. The lowest BCUT2D eigenvalue weighted by Crippen LogP contribution is -2.38. The number of nitrogens with zero attached hydrogens (tertiary/aromatic N) is 1. The van der Waals surface area contributed by atoms with Gasteiger partial charge in [0.15, 0.2) is 0 Å². The standard InChI is InChI=1S/C15H23N3O/c1-18(2)10-6-5-9-16-15(19)14-11-12-7-3-4-8-13(12)17-14/h3-4,7-8,14,17H,5-6,9-11H2,1-2H3,(H,16,19)/t14-/m0/s1. The second kappa shape index (κ2) is 6.57. The Balaban J connectivity index is 1.68. The maximum atomic E-state index is 12.0. The molecule has 1 aliphatic heterocycles. The third-order valence-corrected chi connectivity index (χ3v) is 3.42. The molecule has 0 saturated carbocycles. The van der Waals surface area contributed by atoms with Gasteiger partial charge in [-0.05, 0) is 45.1 Å². The number of unbranched alkanes of at least 4 members (excludes halogenated alkanes) is 1. The molecule has 4 heteroatoms. The Labute approximate surface area is 115 Å². The number of amides is 1. The van der Waals surface area contributed by atoms with Crippen molar-refractivity contribution in [1.82, 2.24) is 10.2 Å². The maximum Gasteiger partial charge on any atom is 0.242 e. The normalized spacial score (nSPS) is 17.1. The minimum Gasteiger partial charge on any atom is -0.373 e. The Morgan fingerprint density at radius 3 is 2.89 bits per heavy atom. The van der Waals surface area contributed by atoms with Crippen LogP contribution < -0.4 is 10.6 Å². The van der Waals surface area contributed by atoms with E-state index in [1.807, 2.05) is 18.2 Å². The number of carbonyl (C=O) groups excluding carboxylic acids is 1. The largest absolute Gasteiger partial charge is 0.373 e. The second-order valence-electron chi connectivity index (χ2n) is 5.36. The number of hydrogen-bond acceptors (Lipinski definition) is 3. The third kappa shape index (κ3) is 3.96. The number of rotatable bonds is 6. The van der Waals surface area contributed by atoms with Gasteiger partial charge in [0, 0.05) is 18.7 Å². The van der Waals surface area contributed by atoms with Crippen molar-refractivity contribution in [2.24, 2.45) is 0 Å². The lowest BCUT2D eigenvalue weighted by Gasteiger charge is -2.13. The van der Waals surface area contributed by atoms with E-state index in [9.17, 15) is 4.79 Å². The summed E-state index contributed by atoms with van der Waals surface area (Å²) < 4.78 is 0. The fraction of sp³-hybridized carbons (Fsp3) is 0.533. The summed E-state index contributed by atoms with van der Waals surface area (Å²) in [4.78, 5) is 14.2. The molecule has 0 bridgehead atoms. The van der Waals surface area contributed by atoms with Gasteiger partial charge < -0.3 is 15.5 Å². The van der Waals surface area contributed by atoms with Gasteiger partial charge in [-0.2, -0.15) is 0 Å². The highest BCUT2D eigenvalue weighted by molar-refractivity contribution is 5.87. The van der Waals surface area contributed by atoms with E-state index >= 15 is 0 Å². The SMILES string of the molecule is CN(C)CCCCNC(=O)[C@@H]1Cc2ccccc2N1. The maximum absolute atomic E-state index is 12.0. The molecule has 0 unspecified atom stereocenters. The molecule has 1 aliphatic rings. The number of anilines is 1. The predicted octanol–water partition coefficient (Wildman–Crippen LogP) is 1.48. The summed E-state index contributed by atoms with van der Waals surface area (Å²) in [5, 5.41) is 6.29. The Morgan fingerprint density at radius 1 is 1.37 bits per heavy atom. The van der Waals surface area contributed by atoms with Gasteiger partial charge in [-0.25, -0.2) is 0 Å². The first kappa shape index (κ1) is 13.9. The molecule has 0 aromatic heterocycles. The van der Waals surface area contributed by atoms with Crippen LogP contribution in [0.1, 0.15) is 18.4 Å². The van der Waals surface area contributed by atoms with Crippen molar-refractivity contribution < 1.29 is 4.79 Å². The first-order chi connectivity index (χ1) is 9.16. The van der Waals surface area contributed by atoms with Crippen LogP contribution in [0.4, 0.5) is 5.69 Å². The molecule has 104 valence electrons.